The Morgan fingerprint density at radius 3 is 2.05 bits per heavy atom. The summed E-state index contributed by atoms with van der Waals surface area (Å²) in [5.41, 5.74) is 0.688. The van der Waals surface area contributed by atoms with Crippen LogP contribution in [0, 0.1) is 5.92 Å². The van der Waals surface area contributed by atoms with Crippen LogP contribution in [0.2, 0.25) is 0 Å². The number of carbonyl (C=O) groups excluding carboxylic acids is 3. The van der Waals surface area contributed by atoms with E-state index in [4.69, 9.17) is 4.74 Å². The number of hydrogen-bond acceptors (Lipinski definition) is 6. The van der Waals surface area contributed by atoms with Crippen molar-refractivity contribution in [2.45, 2.75) is 104 Å². The molecule has 1 aromatic rings. The van der Waals surface area contributed by atoms with Gasteiger partial charge in [0.1, 0.15) is 5.75 Å². The number of benzene rings is 1. The first-order valence-corrected chi connectivity index (χ1v) is 16.6. The van der Waals surface area contributed by atoms with Gasteiger partial charge in [-0.25, -0.2) is 0 Å². The smallest absolute Gasteiger partial charge is 0.263 e. The van der Waals surface area contributed by atoms with Crippen molar-refractivity contribution in [3.05, 3.63) is 24.3 Å². The summed E-state index contributed by atoms with van der Waals surface area (Å²) < 4.78 is 5.78. The molecule has 0 heterocycles. The number of ether oxygens (including phenoxy) is 1. The second-order valence-electron chi connectivity index (χ2n) is 10.7. The van der Waals surface area contributed by atoms with Gasteiger partial charge in [0.15, 0.2) is 6.17 Å². The number of unbranched alkanes of at least 4 members (excludes halogenated alkanes) is 9. The Labute approximate surface area is 246 Å². The van der Waals surface area contributed by atoms with Crippen LogP contribution in [0.25, 0.3) is 0 Å². The molecule has 228 valence electrons. The van der Waals surface area contributed by atoms with Crippen molar-refractivity contribution in [3.8, 4) is 5.75 Å². The number of rotatable bonds is 24. The van der Waals surface area contributed by atoms with E-state index in [0.717, 1.165) is 13.0 Å². The molecule has 0 saturated heterocycles. The molecular formula is C31H54N4O4S. The maximum absolute atomic E-state index is 12.6. The summed E-state index contributed by atoms with van der Waals surface area (Å²) in [5.74, 6) is 0.846. The molecule has 0 aliphatic rings. The molecule has 0 spiro atoms. The lowest BCUT2D eigenvalue weighted by molar-refractivity contribution is -0.127. The fourth-order valence-corrected chi connectivity index (χ4v) is 4.42. The van der Waals surface area contributed by atoms with E-state index in [1.54, 1.807) is 24.3 Å². The summed E-state index contributed by atoms with van der Waals surface area (Å²) in [5, 5.41) is 11.7. The first-order valence-electron chi connectivity index (χ1n) is 15.2. The molecule has 0 aliphatic heterocycles. The third-order valence-electron chi connectivity index (χ3n) is 6.36. The largest absolute Gasteiger partial charge is 0.494 e. The number of thioether (sulfide) groups is 1. The van der Waals surface area contributed by atoms with Gasteiger partial charge >= 0.3 is 0 Å². The molecule has 1 rings (SSSR count). The predicted octanol–water partition coefficient (Wildman–Crippen LogP) is 5.87. The first-order chi connectivity index (χ1) is 19.3. The van der Waals surface area contributed by atoms with Crippen molar-refractivity contribution in [1.82, 2.24) is 16.0 Å². The van der Waals surface area contributed by atoms with Crippen molar-refractivity contribution in [2.24, 2.45) is 5.92 Å². The third kappa shape index (κ3) is 18.8. The normalized spacial score (nSPS) is 11.6. The molecule has 1 atom stereocenters. The lowest BCUT2D eigenvalue weighted by Gasteiger charge is -2.21. The molecule has 1 aromatic carbocycles. The van der Waals surface area contributed by atoms with Crippen molar-refractivity contribution in [1.29, 1.82) is 0 Å². The van der Waals surface area contributed by atoms with Crippen molar-refractivity contribution in [2.75, 3.05) is 37.0 Å². The monoisotopic (exact) mass is 578 g/mol. The van der Waals surface area contributed by atoms with Crippen LogP contribution in [0.1, 0.15) is 97.8 Å². The van der Waals surface area contributed by atoms with Crippen molar-refractivity contribution in [3.63, 3.8) is 0 Å². The van der Waals surface area contributed by atoms with Crippen LogP contribution in [0.5, 0.6) is 5.75 Å². The topological polar surface area (TPSA) is 109 Å². The Bertz CT molecular complexity index is 820. The van der Waals surface area contributed by atoms with Gasteiger partial charge in [-0.3, -0.25) is 14.4 Å². The van der Waals surface area contributed by atoms with Crippen molar-refractivity contribution >= 4 is 35.2 Å². The lowest BCUT2D eigenvalue weighted by Crippen LogP contribution is -2.52. The van der Waals surface area contributed by atoms with Gasteiger partial charge in [0.2, 0.25) is 11.8 Å². The number of carbonyl (C=O) groups is 3. The Morgan fingerprint density at radius 2 is 1.45 bits per heavy atom. The Hall–Kier alpha value is -2.42. The van der Waals surface area contributed by atoms with E-state index in [-0.39, 0.29) is 23.5 Å². The minimum Gasteiger partial charge on any atom is -0.494 e. The van der Waals surface area contributed by atoms with Crippen molar-refractivity contribution < 1.29 is 19.1 Å². The summed E-state index contributed by atoms with van der Waals surface area (Å²) in [4.78, 5) is 36.8. The van der Waals surface area contributed by atoms with E-state index in [2.05, 4.69) is 28.2 Å². The highest BCUT2D eigenvalue weighted by atomic mass is 32.2. The van der Waals surface area contributed by atoms with Crippen LogP contribution in [0.4, 0.5) is 5.69 Å². The van der Waals surface area contributed by atoms with Gasteiger partial charge in [-0.2, -0.15) is 11.8 Å². The predicted molar refractivity (Wildman–Crippen MR) is 168 cm³/mol. The average Bonchev–Trinajstić information content (AvgIpc) is 2.93. The van der Waals surface area contributed by atoms with Gasteiger partial charge in [-0.1, -0.05) is 78.6 Å². The summed E-state index contributed by atoms with van der Waals surface area (Å²) >= 11 is 1.40. The highest BCUT2D eigenvalue weighted by Gasteiger charge is 2.20. The van der Waals surface area contributed by atoms with Crippen LogP contribution in [0.15, 0.2) is 24.3 Å². The molecule has 0 bridgehead atoms. The third-order valence-corrected chi connectivity index (χ3v) is 6.91. The zero-order valence-electron chi connectivity index (χ0n) is 25.3. The zero-order valence-corrected chi connectivity index (χ0v) is 26.1. The highest BCUT2D eigenvalue weighted by Crippen LogP contribution is 2.17. The molecule has 40 heavy (non-hydrogen) atoms. The molecule has 0 aliphatic carbocycles. The maximum atomic E-state index is 12.6. The molecule has 0 saturated carbocycles. The summed E-state index contributed by atoms with van der Waals surface area (Å²) in [7, 11) is 0. The van der Waals surface area contributed by atoms with Crippen LogP contribution in [-0.2, 0) is 14.4 Å². The van der Waals surface area contributed by atoms with Gasteiger partial charge in [-0.05, 0) is 49.3 Å². The van der Waals surface area contributed by atoms with E-state index < -0.39 is 6.17 Å². The summed E-state index contributed by atoms with van der Waals surface area (Å²) in [6.45, 7) is 8.00. The van der Waals surface area contributed by atoms with E-state index in [0.29, 0.717) is 43.3 Å². The molecular weight excluding hydrogens is 524 g/mol. The SMILES string of the molecule is CCCCCCCCCCCCNC(=O)CCCOc1ccc(NC(NC(=O)CSC)C(=O)NCC(C)C)cc1. The van der Waals surface area contributed by atoms with Crippen LogP contribution in [0.3, 0.4) is 0 Å². The molecule has 9 heteroatoms. The lowest BCUT2D eigenvalue weighted by atomic mass is 10.1. The van der Waals surface area contributed by atoms with Crippen LogP contribution in [-0.4, -0.2) is 55.6 Å². The molecule has 4 N–H and O–H groups in total. The van der Waals surface area contributed by atoms with E-state index in [9.17, 15) is 14.4 Å². The second-order valence-corrected chi connectivity index (χ2v) is 11.6. The fraction of sp³-hybridized carbons (Fsp3) is 0.710. The number of hydrogen-bond donors (Lipinski definition) is 4. The number of anilines is 1. The molecule has 0 fully saturated rings. The quantitative estimate of drug-likeness (QED) is 0.0902. The molecule has 8 nitrogen and oxygen atoms in total. The minimum absolute atomic E-state index is 0.0735. The number of amides is 3. The van der Waals surface area contributed by atoms with Gasteiger partial charge in [0, 0.05) is 25.2 Å². The zero-order chi connectivity index (χ0) is 29.4. The maximum Gasteiger partial charge on any atom is 0.263 e. The molecule has 1 unspecified atom stereocenters. The Kier molecular flexibility index (Phi) is 20.7. The minimum atomic E-state index is -0.871. The van der Waals surface area contributed by atoms with E-state index in [1.165, 1.54) is 69.5 Å². The van der Waals surface area contributed by atoms with Gasteiger partial charge < -0.3 is 26.0 Å². The highest BCUT2D eigenvalue weighted by molar-refractivity contribution is 7.99. The molecule has 3 amide bonds. The standard InChI is InChI=1S/C31H54N4O4S/c1-5-6-7-8-9-10-11-12-13-14-21-32-28(36)16-15-22-39-27-19-17-26(18-20-27)34-30(35-29(37)24-40-4)31(38)33-23-25(2)3/h17-20,25,30,34H,5-16,21-24H2,1-4H3,(H,32,36)(H,33,38)(H,35,37). The number of nitrogens with one attached hydrogen (secondary N) is 4. The van der Waals surface area contributed by atoms with Crippen LogP contribution < -0.4 is 26.0 Å². The summed E-state index contributed by atoms with van der Waals surface area (Å²) in [6, 6.07) is 7.22. The van der Waals surface area contributed by atoms with E-state index >= 15 is 0 Å². The van der Waals surface area contributed by atoms with Gasteiger partial charge in [0.05, 0.1) is 12.4 Å². The first kappa shape index (κ1) is 35.6. The summed E-state index contributed by atoms with van der Waals surface area (Å²) in [6.07, 6.45) is 14.9. The van der Waals surface area contributed by atoms with Crippen LogP contribution >= 0.6 is 11.8 Å². The Balaban J connectivity index is 2.25. The van der Waals surface area contributed by atoms with E-state index in [1.807, 2.05) is 20.1 Å². The molecule has 0 aromatic heterocycles. The van der Waals surface area contributed by atoms with Gasteiger partial charge in [-0.15, -0.1) is 0 Å². The molecule has 0 radical (unpaired) electrons. The average molecular weight is 579 g/mol. The van der Waals surface area contributed by atoms with Gasteiger partial charge in [0.25, 0.3) is 5.91 Å². The fourth-order valence-electron chi connectivity index (χ4n) is 4.07. The Morgan fingerprint density at radius 1 is 0.825 bits per heavy atom. The second kappa shape index (κ2) is 23.3.